The molecule has 1 atom stereocenters. The lowest BCUT2D eigenvalue weighted by Crippen LogP contribution is -2.42. The molecule has 0 saturated heterocycles. The Morgan fingerprint density at radius 1 is 1.16 bits per heavy atom. The van der Waals surface area contributed by atoms with E-state index in [1.54, 1.807) is 31.2 Å². The van der Waals surface area contributed by atoms with Crippen LogP contribution in [-0.4, -0.2) is 30.6 Å². The molecule has 5 nitrogen and oxygen atoms in total. The van der Waals surface area contributed by atoms with Crippen LogP contribution in [0.2, 0.25) is 0 Å². The van der Waals surface area contributed by atoms with Crippen molar-refractivity contribution < 1.29 is 19.1 Å². The van der Waals surface area contributed by atoms with Gasteiger partial charge in [0.1, 0.15) is 5.75 Å². The molecule has 1 aliphatic carbocycles. The first kappa shape index (κ1) is 19.3. The summed E-state index contributed by atoms with van der Waals surface area (Å²) in [5, 5.41) is 2.98. The molecular formula is C20H29NO4. The van der Waals surface area contributed by atoms with Crippen molar-refractivity contribution in [3.63, 3.8) is 0 Å². The number of ether oxygens (including phenoxy) is 2. The number of benzene rings is 1. The van der Waals surface area contributed by atoms with Crippen molar-refractivity contribution in [3.8, 4) is 5.75 Å². The van der Waals surface area contributed by atoms with Gasteiger partial charge in [0.2, 0.25) is 0 Å². The van der Waals surface area contributed by atoms with E-state index in [2.05, 4.69) is 12.2 Å². The lowest BCUT2D eigenvalue weighted by atomic mass is 9.95. The van der Waals surface area contributed by atoms with Crippen LogP contribution in [0.5, 0.6) is 5.75 Å². The fourth-order valence-corrected chi connectivity index (χ4v) is 2.87. The summed E-state index contributed by atoms with van der Waals surface area (Å²) in [6.07, 6.45) is 6.81. The number of unbranched alkanes of at least 4 members (excludes halogenated alkanes) is 1. The maximum atomic E-state index is 12.2. The van der Waals surface area contributed by atoms with Gasteiger partial charge in [0, 0.05) is 6.04 Å². The molecule has 1 fully saturated rings. The summed E-state index contributed by atoms with van der Waals surface area (Å²) in [5.41, 5.74) is 0.417. The summed E-state index contributed by atoms with van der Waals surface area (Å²) < 4.78 is 10.9. The van der Waals surface area contributed by atoms with Gasteiger partial charge in [0.25, 0.3) is 5.91 Å². The minimum Gasteiger partial charge on any atom is -0.494 e. The molecule has 138 valence electrons. The Hall–Kier alpha value is -2.04. The number of nitrogens with one attached hydrogen (secondary N) is 1. The van der Waals surface area contributed by atoms with Crippen molar-refractivity contribution in [2.45, 2.75) is 70.9 Å². The molecule has 25 heavy (non-hydrogen) atoms. The van der Waals surface area contributed by atoms with Gasteiger partial charge in [0.15, 0.2) is 6.10 Å². The summed E-state index contributed by atoms with van der Waals surface area (Å²) in [4.78, 5) is 24.4. The molecule has 0 unspecified atom stereocenters. The third kappa shape index (κ3) is 6.40. The van der Waals surface area contributed by atoms with Gasteiger partial charge in [-0.15, -0.1) is 0 Å². The molecule has 1 aliphatic rings. The first-order valence-electron chi connectivity index (χ1n) is 9.34. The molecule has 2 rings (SSSR count). The quantitative estimate of drug-likeness (QED) is 0.573. The predicted octanol–water partition coefficient (Wildman–Crippen LogP) is 3.86. The average molecular weight is 347 g/mol. The van der Waals surface area contributed by atoms with Crippen molar-refractivity contribution >= 4 is 11.9 Å². The van der Waals surface area contributed by atoms with Crippen LogP contribution in [0.4, 0.5) is 0 Å². The molecule has 1 aromatic carbocycles. The topological polar surface area (TPSA) is 64.6 Å². The summed E-state index contributed by atoms with van der Waals surface area (Å²) in [7, 11) is 0. The van der Waals surface area contributed by atoms with E-state index in [0.717, 1.165) is 44.3 Å². The number of rotatable bonds is 8. The molecule has 1 amide bonds. The number of carbonyl (C=O) groups excluding carboxylic acids is 2. The van der Waals surface area contributed by atoms with Gasteiger partial charge in [-0.3, -0.25) is 4.79 Å². The fraction of sp³-hybridized carbons (Fsp3) is 0.600. The minimum atomic E-state index is -0.796. The van der Waals surface area contributed by atoms with E-state index in [9.17, 15) is 9.59 Å². The van der Waals surface area contributed by atoms with Gasteiger partial charge < -0.3 is 14.8 Å². The Bertz CT molecular complexity index is 549. The smallest absolute Gasteiger partial charge is 0.338 e. The van der Waals surface area contributed by atoms with Crippen LogP contribution in [0, 0.1) is 0 Å². The predicted molar refractivity (Wildman–Crippen MR) is 96.7 cm³/mol. The van der Waals surface area contributed by atoms with Crippen LogP contribution in [0.1, 0.15) is 69.2 Å². The van der Waals surface area contributed by atoms with Crippen LogP contribution in [-0.2, 0) is 9.53 Å². The lowest BCUT2D eigenvalue weighted by Gasteiger charge is -2.24. The van der Waals surface area contributed by atoms with Crippen molar-refractivity contribution in [1.29, 1.82) is 0 Å². The summed E-state index contributed by atoms with van der Waals surface area (Å²) in [6.45, 7) is 4.38. The zero-order chi connectivity index (χ0) is 18.1. The standard InChI is InChI=1S/C20H29NO4/c1-3-4-14-24-18-12-10-16(11-13-18)20(23)25-15(2)19(22)21-17-8-6-5-7-9-17/h10-13,15,17H,3-9,14H2,1-2H3,(H,21,22)/t15-/m1/s1. The molecule has 0 spiro atoms. The lowest BCUT2D eigenvalue weighted by molar-refractivity contribution is -0.130. The highest BCUT2D eigenvalue weighted by atomic mass is 16.5. The highest BCUT2D eigenvalue weighted by Gasteiger charge is 2.22. The van der Waals surface area contributed by atoms with E-state index in [1.807, 2.05) is 0 Å². The van der Waals surface area contributed by atoms with Crippen molar-refractivity contribution in [1.82, 2.24) is 5.32 Å². The molecule has 1 saturated carbocycles. The first-order valence-corrected chi connectivity index (χ1v) is 9.34. The van der Waals surface area contributed by atoms with E-state index in [1.165, 1.54) is 6.42 Å². The van der Waals surface area contributed by atoms with Crippen LogP contribution >= 0.6 is 0 Å². The SMILES string of the molecule is CCCCOc1ccc(C(=O)O[C@H](C)C(=O)NC2CCCCC2)cc1. The molecule has 0 heterocycles. The molecular weight excluding hydrogens is 318 g/mol. The second kappa shape index (κ2) is 10.1. The molecule has 0 aromatic heterocycles. The molecule has 1 aromatic rings. The Balaban J connectivity index is 1.80. The Kier molecular flexibility index (Phi) is 7.76. The Morgan fingerprint density at radius 3 is 2.48 bits per heavy atom. The minimum absolute atomic E-state index is 0.210. The molecule has 0 bridgehead atoms. The van der Waals surface area contributed by atoms with E-state index in [4.69, 9.17) is 9.47 Å². The average Bonchev–Trinajstić information content (AvgIpc) is 2.63. The van der Waals surface area contributed by atoms with E-state index >= 15 is 0 Å². The number of hydrogen-bond acceptors (Lipinski definition) is 4. The van der Waals surface area contributed by atoms with Gasteiger partial charge in [0.05, 0.1) is 12.2 Å². The van der Waals surface area contributed by atoms with E-state index in [0.29, 0.717) is 12.2 Å². The number of hydrogen-bond donors (Lipinski definition) is 1. The van der Waals surface area contributed by atoms with Crippen LogP contribution in [0.3, 0.4) is 0 Å². The third-order valence-corrected chi connectivity index (χ3v) is 4.46. The second-order valence-corrected chi connectivity index (χ2v) is 6.62. The Labute approximate surface area is 150 Å². The molecule has 0 aliphatic heterocycles. The maximum Gasteiger partial charge on any atom is 0.338 e. The van der Waals surface area contributed by atoms with Gasteiger partial charge >= 0.3 is 5.97 Å². The van der Waals surface area contributed by atoms with Crippen molar-refractivity contribution in [3.05, 3.63) is 29.8 Å². The van der Waals surface area contributed by atoms with Gasteiger partial charge in [-0.1, -0.05) is 32.6 Å². The molecule has 5 heteroatoms. The third-order valence-electron chi connectivity index (χ3n) is 4.46. The number of amides is 1. The summed E-state index contributed by atoms with van der Waals surface area (Å²) in [5.74, 6) is 0.0132. The van der Waals surface area contributed by atoms with E-state index < -0.39 is 12.1 Å². The number of carbonyl (C=O) groups is 2. The largest absolute Gasteiger partial charge is 0.494 e. The first-order chi connectivity index (χ1) is 12.1. The zero-order valence-electron chi connectivity index (χ0n) is 15.3. The highest BCUT2D eigenvalue weighted by molar-refractivity contribution is 5.92. The highest BCUT2D eigenvalue weighted by Crippen LogP contribution is 2.18. The Morgan fingerprint density at radius 2 is 1.84 bits per heavy atom. The summed E-state index contributed by atoms with van der Waals surface area (Å²) >= 11 is 0. The van der Waals surface area contributed by atoms with Crippen LogP contribution in [0.15, 0.2) is 24.3 Å². The molecule has 0 radical (unpaired) electrons. The van der Waals surface area contributed by atoms with Crippen molar-refractivity contribution in [2.75, 3.05) is 6.61 Å². The van der Waals surface area contributed by atoms with Crippen molar-refractivity contribution in [2.24, 2.45) is 0 Å². The monoisotopic (exact) mass is 347 g/mol. The summed E-state index contributed by atoms with van der Waals surface area (Å²) in [6, 6.07) is 7.03. The van der Waals surface area contributed by atoms with E-state index in [-0.39, 0.29) is 11.9 Å². The van der Waals surface area contributed by atoms with Crippen LogP contribution in [0.25, 0.3) is 0 Å². The second-order valence-electron chi connectivity index (χ2n) is 6.62. The fourth-order valence-electron chi connectivity index (χ4n) is 2.87. The zero-order valence-corrected chi connectivity index (χ0v) is 15.3. The normalized spacial score (nSPS) is 16.1. The maximum absolute atomic E-state index is 12.2. The van der Waals surface area contributed by atoms with Gasteiger partial charge in [-0.2, -0.15) is 0 Å². The van der Waals surface area contributed by atoms with Gasteiger partial charge in [-0.05, 0) is 50.5 Å². The number of esters is 1. The van der Waals surface area contributed by atoms with Crippen LogP contribution < -0.4 is 10.1 Å². The molecule has 1 N–H and O–H groups in total. The van der Waals surface area contributed by atoms with Gasteiger partial charge in [-0.25, -0.2) is 4.79 Å².